The summed E-state index contributed by atoms with van der Waals surface area (Å²) in [5.41, 5.74) is 1.39. The maximum Gasteiger partial charge on any atom is 0.398 e. The average Bonchev–Trinajstić information content (AvgIpc) is 2.70. The van der Waals surface area contributed by atoms with E-state index in [9.17, 15) is 13.0 Å². The Kier molecular flexibility index (Phi) is 7.56. The van der Waals surface area contributed by atoms with Crippen LogP contribution in [-0.4, -0.2) is 60.0 Å². The molecule has 30 heavy (non-hydrogen) atoms. The molecular weight excluding hydrogens is 412 g/mol. The summed E-state index contributed by atoms with van der Waals surface area (Å²) >= 11 is 0. The van der Waals surface area contributed by atoms with Gasteiger partial charge in [-0.2, -0.15) is 8.42 Å². The van der Waals surface area contributed by atoms with Crippen LogP contribution in [-0.2, 0) is 14.6 Å². The SMILES string of the molecule is C=C[C@H]1CN2CC[C@H]1C[C@@H]2C(OS(=O)(=O)O)c1ccnc2ccc(OC)cc12.O.O. The molecule has 3 fully saturated rings. The first-order chi connectivity index (χ1) is 13.4. The van der Waals surface area contributed by atoms with E-state index in [1.54, 1.807) is 25.4 Å². The number of nitrogens with zero attached hydrogens (tertiary/aromatic N) is 2. The van der Waals surface area contributed by atoms with Crippen LogP contribution < -0.4 is 4.74 Å². The Morgan fingerprint density at radius 1 is 1.33 bits per heavy atom. The number of ether oxygens (including phenoxy) is 1. The van der Waals surface area contributed by atoms with E-state index >= 15 is 0 Å². The van der Waals surface area contributed by atoms with Crippen molar-refractivity contribution in [2.75, 3.05) is 20.2 Å². The molecule has 3 aliphatic rings. The third kappa shape index (κ3) is 4.64. The number of piperidine rings is 3. The lowest BCUT2D eigenvalue weighted by Crippen LogP contribution is -2.55. The third-order valence-corrected chi connectivity index (χ3v) is 6.47. The molecule has 5 rings (SSSR count). The number of hydrogen-bond donors (Lipinski definition) is 1. The summed E-state index contributed by atoms with van der Waals surface area (Å²) in [5, 5.41) is 0.749. The molecule has 166 valence electrons. The zero-order valence-corrected chi connectivity index (χ0v) is 17.5. The van der Waals surface area contributed by atoms with Crippen molar-refractivity contribution >= 4 is 21.3 Å². The van der Waals surface area contributed by atoms with E-state index < -0.39 is 16.5 Å². The molecule has 0 spiro atoms. The van der Waals surface area contributed by atoms with E-state index in [4.69, 9.17) is 8.92 Å². The van der Waals surface area contributed by atoms with Gasteiger partial charge >= 0.3 is 10.4 Å². The van der Waals surface area contributed by atoms with E-state index in [0.717, 1.165) is 31.3 Å². The van der Waals surface area contributed by atoms with Gasteiger partial charge in [0.2, 0.25) is 0 Å². The predicted molar refractivity (Wildman–Crippen MR) is 113 cm³/mol. The van der Waals surface area contributed by atoms with Gasteiger partial charge in [-0.05, 0) is 61.1 Å². The van der Waals surface area contributed by atoms with Crippen LogP contribution in [0.3, 0.4) is 0 Å². The van der Waals surface area contributed by atoms with Gasteiger partial charge < -0.3 is 15.7 Å². The normalized spacial score (nSPS) is 26.3. The van der Waals surface area contributed by atoms with Gasteiger partial charge in [0.25, 0.3) is 0 Å². The maximum absolute atomic E-state index is 11.7. The summed E-state index contributed by atoms with van der Waals surface area (Å²) < 4.78 is 43.5. The Bertz CT molecular complexity index is 998. The smallest absolute Gasteiger partial charge is 0.398 e. The highest BCUT2D eigenvalue weighted by molar-refractivity contribution is 7.80. The predicted octanol–water partition coefficient (Wildman–Crippen LogP) is 1.35. The second-order valence-corrected chi connectivity index (χ2v) is 8.52. The van der Waals surface area contributed by atoms with Crippen molar-refractivity contribution in [3.05, 3.63) is 48.7 Å². The van der Waals surface area contributed by atoms with Gasteiger partial charge in [-0.1, -0.05) is 6.08 Å². The molecule has 2 aromatic rings. The molecule has 10 heteroatoms. The fraction of sp³-hybridized carbons (Fsp3) is 0.450. The zero-order chi connectivity index (χ0) is 19.9. The largest absolute Gasteiger partial charge is 0.497 e. The number of fused-ring (bicyclic) bond motifs is 4. The Morgan fingerprint density at radius 3 is 2.70 bits per heavy atom. The lowest BCUT2D eigenvalue weighted by atomic mass is 9.73. The highest BCUT2D eigenvalue weighted by Gasteiger charge is 2.44. The first-order valence-corrected chi connectivity index (χ1v) is 10.7. The molecule has 3 aliphatic heterocycles. The Labute approximate surface area is 175 Å². The minimum Gasteiger partial charge on any atom is -0.497 e. The van der Waals surface area contributed by atoms with Gasteiger partial charge in [0.15, 0.2) is 0 Å². The van der Waals surface area contributed by atoms with Crippen molar-refractivity contribution in [2.45, 2.75) is 25.0 Å². The molecule has 1 aromatic carbocycles. The first-order valence-electron chi connectivity index (χ1n) is 9.34. The second kappa shape index (κ2) is 9.38. The average molecular weight is 441 g/mol. The number of rotatable bonds is 6. The zero-order valence-electron chi connectivity index (χ0n) is 16.7. The van der Waals surface area contributed by atoms with Crippen LogP contribution in [0.4, 0.5) is 0 Å². The molecule has 0 amide bonds. The molecule has 9 nitrogen and oxygen atoms in total. The molecule has 0 aliphatic carbocycles. The minimum absolute atomic E-state index is 0. The summed E-state index contributed by atoms with van der Waals surface area (Å²) in [5.74, 6) is 1.47. The second-order valence-electron chi connectivity index (χ2n) is 7.47. The minimum atomic E-state index is -4.64. The number of hydrogen-bond acceptors (Lipinski definition) is 6. The fourth-order valence-electron chi connectivity index (χ4n) is 4.67. The quantitative estimate of drug-likeness (QED) is 0.525. The van der Waals surface area contributed by atoms with Crippen molar-refractivity contribution in [3.8, 4) is 5.75 Å². The van der Waals surface area contributed by atoms with Gasteiger partial charge in [-0.3, -0.25) is 14.4 Å². The van der Waals surface area contributed by atoms with Crippen LogP contribution in [0.2, 0.25) is 0 Å². The molecule has 3 saturated heterocycles. The summed E-state index contributed by atoms with van der Waals surface area (Å²) in [6.45, 7) is 5.62. The molecule has 5 atom stereocenters. The van der Waals surface area contributed by atoms with Gasteiger partial charge in [-0.25, -0.2) is 4.18 Å². The maximum atomic E-state index is 11.7. The molecule has 1 aromatic heterocycles. The molecule has 5 N–H and O–H groups in total. The Hall–Kier alpha value is -2.08. The molecule has 2 bridgehead atoms. The Balaban J connectivity index is 0.00000160. The van der Waals surface area contributed by atoms with Crippen LogP contribution in [0.1, 0.15) is 24.5 Å². The molecular formula is C20H28N2O7S. The molecule has 2 unspecified atom stereocenters. The standard InChI is InChI=1S/C20H24N2O5S.2H2O/c1-3-13-12-22-9-7-14(13)10-19(22)20(27-28(23,24)25)16-6-8-21-18-5-4-15(26-2)11-17(16)18;;/h3-6,8,11,13-14,19-20H,1,7,9-10,12H2,2H3,(H,23,24,25);2*1H2/t13-,14-,19+,20?;;/m0../s1. The highest BCUT2D eigenvalue weighted by atomic mass is 32.3. The van der Waals surface area contributed by atoms with E-state index in [2.05, 4.69) is 16.5 Å². The number of pyridine rings is 1. The van der Waals surface area contributed by atoms with Gasteiger partial charge in [0.05, 0.1) is 12.6 Å². The Morgan fingerprint density at radius 2 is 2.10 bits per heavy atom. The van der Waals surface area contributed by atoms with Crippen molar-refractivity contribution in [3.63, 3.8) is 0 Å². The molecule has 0 radical (unpaired) electrons. The van der Waals surface area contributed by atoms with Crippen molar-refractivity contribution in [2.24, 2.45) is 11.8 Å². The van der Waals surface area contributed by atoms with Crippen LogP contribution in [0.25, 0.3) is 10.9 Å². The van der Waals surface area contributed by atoms with Crippen molar-refractivity contribution in [1.82, 2.24) is 9.88 Å². The number of methoxy groups -OCH3 is 1. The van der Waals surface area contributed by atoms with Crippen LogP contribution in [0.15, 0.2) is 43.1 Å². The van der Waals surface area contributed by atoms with Crippen molar-refractivity contribution < 1.29 is 32.8 Å². The molecule has 4 heterocycles. The van der Waals surface area contributed by atoms with Crippen LogP contribution in [0.5, 0.6) is 5.75 Å². The van der Waals surface area contributed by atoms with Gasteiger partial charge in [-0.15, -0.1) is 6.58 Å². The lowest BCUT2D eigenvalue weighted by Gasteiger charge is -2.51. The summed E-state index contributed by atoms with van der Waals surface area (Å²) in [6.07, 6.45) is 4.62. The number of aromatic nitrogens is 1. The summed E-state index contributed by atoms with van der Waals surface area (Å²) in [7, 11) is -3.07. The highest BCUT2D eigenvalue weighted by Crippen LogP contribution is 2.44. The summed E-state index contributed by atoms with van der Waals surface area (Å²) in [6, 6.07) is 7.04. The monoisotopic (exact) mass is 440 g/mol. The fourth-order valence-corrected chi connectivity index (χ4v) is 5.16. The van der Waals surface area contributed by atoms with Crippen LogP contribution >= 0.6 is 0 Å². The van der Waals surface area contributed by atoms with Crippen molar-refractivity contribution in [1.29, 1.82) is 0 Å². The van der Waals surface area contributed by atoms with E-state index in [0.29, 0.717) is 28.7 Å². The molecule has 0 saturated carbocycles. The topological polar surface area (TPSA) is 152 Å². The van der Waals surface area contributed by atoms with E-state index in [-0.39, 0.29) is 17.0 Å². The van der Waals surface area contributed by atoms with Gasteiger partial charge in [0.1, 0.15) is 11.9 Å². The first kappa shape index (κ1) is 24.2. The van der Waals surface area contributed by atoms with E-state index in [1.807, 2.05) is 18.2 Å². The third-order valence-electron chi connectivity index (χ3n) is 6.02. The number of benzene rings is 1. The lowest BCUT2D eigenvalue weighted by molar-refractivity contribution is -0.0365. The van der Waals surface area contributed by atoms with Crippen LogP contribution in [0, 0.1) is 11.8 Å². The van der Waals surface area contributed by atoms with Gasteiger partial charge in [0, 0.05) is 24.2 Å². The summed E-state index contributed by atoms with van der Waals surface area (Å²) in [4.78, 5) is 6.61. The van der Waals surface area contributed by atoms with E-state index in [1.165, 1.54) is 0 Å².